The number of aryl methyl sites for hydroxylation is 1. The number of hydrogen-bond acceptors (Lipinski definition) is 2. The van der Waals surface area contributed by atoms with Gasteiger partial charge in [-0.25, -0.2) is 0 Å². The number of carbonyl (C=O) groups excluding carboxylic acids is 2. The van der Waals surface area contributed by atoms with Gasteiger partial charge in [-0.1, -0.05) is 29.8 Å². The highest BCUT2D eigenvalue weighted by molar-refractivity contribution is 5.84. The molecule has 1 unspecified atom stereocenters. The van der Waals surface area contributed by atoms with Crippen molar-refractivity contribution in [2.75, 3.05) is 26.7 Å². The van der Waals surface area contributed by atoms with Crippen molar-refractivity contribution < 1.29 is 14.5 Å². The maximum Gasteiger partial charge on any atom is 0.275 e. The Bertz CT molecular complexity index is 443. The Hall–Kier alpha value is -1.88. The molecular formula is C15H24N3O2+. The third-order valence-corrected chi connectivity index (χ3v) is 2.91. The first kappa shape index (κ1) is 16.2. The molecule has 3 N–H and O–H groups in total. The quantitative estimate of drug-likeness (QED) is 0.615. The van der Waals surface area contributed by atoms with Crippen molar-refractivity contribution in [2.45, 2.75) is 20.4 Å². The van der Waals surface area contributed by atoms with Crippen molar-refractivity contribution in [3.63, 3.8) is 0 Å². The molecule has 0 heterocycles. The van der Waals surface area contributed by atoms with Crippen LogP contribution in [-0.2, 0) is 16.1 Å². The average molecular weight is 278 g/mol. The van der Waals surface area contributed by atoms with E-state index >= 15 is 0 Å². The molecule has 1 aromatic carbocycles. The molecule has 0 fully saturated rings. The smallest absolute Gasteiger partial charge is 0.275 e. The predicted molar refractivity (Wildman–Crippen MR) is 78.3 cm³/mol. The molecule has 0 aromatic heterocycles. The minimum Gasteiger partial charge on any atom is -0.355 e. The standard InChI is InChI=1S/C15H23N3O2/c1-4-16-14(19)9-17-15(20)11-18(3)10-13-7-5-12(2)6-8-13/h5-8H,4,9-11H2,1-3H3,(H,16,19)(H,17,20)/p+1. The van der Waals surface area contributed by atoms with Crippen LogP contribution in [0.2, 0.25) is 0 Å². The van der Waals surface area contributed by atoms with Gasteiger partial charge in [0.25, 0.3) is 5.91 Å². The first-order valence-corrected chi connectivity index (χ1v) is 6.91. The molecule has 0 aliphatic rings. The Morgan fingerprint density at radius 3 is 2.35 bits per heavy atom. The summed E-state index contributed by atoms with van der Waals surface area (Å²) in [5.41, 5.74) is 2.43. The highest BCUT2D eigenvalue weighted by Gasteiger charge is 2.11. The van der Waals surface area contributed by atoms with Crippen molar-refractivity contribution in [1.82, 2.24) is 10.6 Å². The predicted octanol–water partition coefficient (Wildman–Crippen LogP) is -0.738. The Balaban J connectivity index is 2.30. The highest BCUT2D eigenvalue weighted by Crippen LogP contribution is 2.00. The van der Waals surface area contributed by atoms with E-state index in [4.69, 9.17) is 0 Å². The molecule has 5 nitrogen and oxygen atoms in total. The van der Waals surface area contributed by atoms with Crippen LogP contribution in [-0.4, -0.2) is 38.5 Å². The summed E-state index contributed by atoms with van der Waals surface area (Å²) in [7, 11) is 1.96. The second-order valence-corrected chi connectivity index (χ2v) is 5.03. The van der Waals surface area contributed by atoms with Gasteiger partial charge in [0.15, 0.2) is 6.54 Å². The van der Waals surface area contributed by atoms with Crippen LogP contribution in [0, 0.1) is 6.92 Å². The average Bonchev–Trinajstić information content (AvgIpc) is 2.39. The van der Waals surface area contributed by atoms with E-state index in [1.165, 1.54) is 11.1 Å². The van der Waals surface area contributed by atoms with Crippen LogP contribution in [0.3, 0.4) is 0 Å². The fraction of sp³-hybridized carbons (Fsp3) is 0.467. The van der Waals surface area contributed by atoms with Crippen LogP contribution in [0.1, 0.15) is 18.1 Å². The van der Waals surface area contributed by atoms with E-state index < -0.39 is 0 Å². The number of likely N-dealkylation sites (N-methyl/N-ethyl adjacent to an activating group) is 2. The Morgan fingerprint density at radius 1 is 1.10 bits per heavy atom. The molecule has 0 saturated heterocycles. The molecule has 1 aromatic rings. The molecule has 0 bridgehead atoms. The van der Waals surface area contributed by atoms with Gasteiger partial charge in [0.2, 0.25) is 5.91 Å². The molecule has 0 saturated carbocycles. The molecule has 0 aliphatic heterocycles. The molecule has 5 heteroatoms. The van der Waals surface area contributed by atoms with E-state index in [1.807, 2.05) is 14.0 Å². The zero-order valence-corrected chi connectivity index (χ0v) is 12.5. The lowest BCUT2D eigenvalue weighted by atomic mass is 10.1. The topological polar surface area (TPSA) is 62.6 Å². The first-order valence-electron chi connectivity index (χ1n) is 6.91. The maximum absolute atomic E-state index is 11.7. The fourth-order valence-electron chi connectivity index (χ4n) is 1.89. The van der Waals surface area contributed by atoms with Crippen LogP contribution >= 0.6 is 0 Å². The van der Waals surface area contributed by atoms with Crippen molar-refractivity contribution >= 4 is 11.8 Å². The molecular weight excluding hydrogens is 254 g/mol. The molecule has 1 atom stereocenters. The minimum absolute atomic E-state index is 0.0461. The second kappa shape index (κ2) is 8.32. The van der Waals surface area contributed by atoms with Crippen molar-refractivity contribution in [3.8, 4) is 0 Å². The van der Waals surface area contributed by atoms with Crippen molar-refractivity contribution in [3.05, 3.63) is 35.4 Å². The lowest BCUT2D eigenvalue weighted by Crippen LogP contribution is -3.08. The molecule has 2 amide bonds. The lowest BCUT2D eigenvalue weighted by Gasteiger charge is -2.14. The van der Waals surface area contributed by atoms with Gasteiger partial charge in [-0.05, 0) is 13.8 Å². The van der Waals surface area contributed by atoms with E-state index in [9.17, 15) is 9.59 Å². The number of rotatable bonds is 7. The Morgan fingerprint density at radius 2 is 1.75 bits per heavy atom. The fourth-order valence-corrected chi connectivity index (χ4v) is 1.89. The number of amides is 2. The van der Waals surface area contributed by atoms with Gasteiger partial charge in [-0.2, -0.15) is 0 Å². The van der Waals surface area contributed by atoms with Crippen LogP contribution in [0.15, 0.2) is 24.3 Å². The van der Waals surface area contributed by atoms with Crippen LogP contribution < -0.4 is 15.5 Å². The van der Waals surface area contributed by atoms with E-state index in [-0.39, 0.29) is 18.4 Å². The summed E-state index contributed by atoms with van der Waals surface area (Å²) in [5.74, 6) is -0.266. The molecule has 0 aliphatic carbocycles. The number of benzene rings is 1. The number of carbonyl (C=O) groups is 2. The van der Waals surface area contributed by atoms with Crippen LogP contribution in [0.4, 0.5) is 0 Å². The molecule has 1 rings (SSSR count). The minimum atomic E-state index is -0.156. The summed E-state index contributed by atoms with van der Waals surface area (Å²) in [6.07, 6.45) is 0. The Labute approximate surface area is 120 Å². The summed E-state index contributed by atoms with van der Waals surface area (Å²) in [5, 5.41) is 5.26. The second-order valence-electron chi connectivity index (χ2n) is 5.03. The summed E-state index contributed by atoms with van der Waals surface area (Å²) < 4.78 is 0. The van der Waals surface area contributed by atoms with Gasteiger partial charge in [0.05, 0.1) is 13.6 Å². The summed E-state index contributed by atoms with van der Waals surface area (Å²) in [6.45, 7) is 5.66. The highest BCUT2D eigenvalue weighted by atomic mass is 16.2. The summed E-state index contributed by atoms with van der Waals surface area (Å²) >= 11 is 0. The summed E-state index contributed by atoms with van der Waals surface area (Å²) in [6, 6.07) is 8.28. The number of nitrogens with one attached hydrogen (secondary N) is 3. The zero-order valence-electron chi connectivity index (χ0n) is 12.5. The van der Waals surface area contributed by atoms with Gasteiger partial charge in [-0.15, -0.1) is 0 Å². The van der Waals surface area contributed by atoms with E-state index in [0.29, 0.717) is 13.1 Å². The van der Waals surface area contributed by atoms with E-state index in [0.717, 1.165) is 11.4 Å². The lowest BCUT2D eigenvalue weighted by molar-refractivity contribution is -0.885. The summed E-state index contributed by atoms with van der Waals surface area (Å²) in [4.78, 5) is 24.0. The maximum atomic E-state index is 11.7. The van der Waals surface area contributed by atoms with Gasteiger partial charge in [-0.3, -0.25) is 9.59 Å². The van der Waals surface area contributed by atoms with E-state index in [2.05, 4.69) is 41.8 Å². The van der Waals surface area contributed by atoms with Gasteiger partial charge in [0.1, 0.15) is 6.54 Å². The first-order chi connectivity index (χ1) is 9.51. The van der Waals surface area contributed by atoms with Gasteiger partial charge < -0.3 is 15.5 Å². The van der Waals surface area contributed by atoms with E-state index in [1.54, 1.807) is 0 Å². The van der Waals surface area contributed by atoms with Crippen LogP contribution in [0.5, 0.6) is 0 Å². The molecule has 0 spiro atoms. The third-order valence-electron chi connectivity index (χ3n) is 2.91. The van der Waals surface area contributed by atoms with Crippen molar-refractivity contribution in [1.29, 1.82) is 0 Å². The third kappa shape index (κ3) is 6.33. The SMILES string of the molecule is CCNC(=O)CNC(=O)C[NH+](C)Cc1ccc(C)cc1. The van der Waals surface area contributed by atoms with Crippen LogP contribution in [0.25, 0.3) is 0 Å². The number of quaternary nitrogens is 1. The normalized spacial score (nSPS) is 11.8. The number of hydrogen-bond donors (Lipinski definition) is 3. The van der Waals surface area contributed by atoms with Gasteiger partial charge in [0, 0.05) is 12.1 Å². The molecule has 110 valence electrons. The Kier molecular flexibility index (Phi) is 6.73. The van der Waals surface area contributed by atoms with Crippen molar-refractivity contribution in [2.24, 2.45) is 0 Å². The molecule has 20 heavy (non-hydrogen) atoms. The zero-order chi connectivity index (χ0) is 15.0. The monoisotopic (exact) mass is 278 g/mol. The largest absolute Gasteiger partial charge is 0.355 e. The molecule has 0 radical (unpaired) electrons. The van der Waals surface area contributed by atoms with Gasteiger partial charge >= 0.3 is 0 Å².